The number of aryl methyl sites for hydroxylation is 2. The lowest BCUT2D eigenvalue weighted by Gasteiger charge is -2.22. The number of carbonyl (C=O) groups is 2. The summed E-state index contributed by atoms with van der Waals surface area (Å²) < 4.78 is 13.3. The van der Waals surface area contributed by atoms with Crippen LogP contribution in [-0.4, -0.2) is 52.8 Å². The van der Waals surface area contributed by atoms with Crippen molar-refractivity contribution >= 4 is 11.8 Å². The Balaban J connectivity index is 1.61. The van der Waals surface area contributed by atoms with E-state index >= 15 is 0 Å². The number of aromatic nitrogens is 1. The number of aromatic amines is 1. The first-order valence-electron chi connectivity index (χ1n) is 8.92. The van der Waals surface area contributed by atoms with Crippen molar-refractivity contribution in [3.63, 3.8) is 0 Å². The van der Waals surface area contributed by atoms with Crippen LogP contribution in [0.3, 0.4) is 0 Å². The molecule has 2 amide bonds. The van der Waals surface area contributed by atoms with E-state index in [0.717, 1.165) is 17.8 Å². The van der Waals surface area contributed by atoms with Crippen LogP contribution >= 0.6 is 0 Å². The molecule has 1 aromatic heterocycles. The van der Waals surface area contributed by atoms with Crippen LogP contribution in [0.2, 0.25) is 0 Å². The molecule has 2 aromatic rings. The number of halogens is 1. The Bertz CT molecular complexity index is 815. The van der Waals surface area contributed by atoms with Gasteiger partial charge in [-0.05, 0) is 44.0 Å². The number of carbonyl (C=O) groups excluding carboxylic acids is 2. The molecule has 0 saturated carbocycles. The Morgan fingerprint density at radius 3 is 2.50 bits per heavy atom. The van der Waals surface area contributed by atoms with Crippen molar-refractivity contribution in [3.8, 4) is 0 Å². The Morgan fingerprint density at radius 1 is 1.08 bits per heavy atom. The molecule has 1 fully saturated rings. The molecule has 3 rings (SSSR count). The van der Waals surface area contributed by atoms with E-state index in [-0.39, 0.29) is 24.1 Å². The van der Waals surface area contributed by atoms with Gasteiger partial charge in [0, 0.05) is 37.6 Å². The van der Waals surface area contributed by atoms with Gasteiger partial charge in [0.2, 0.25) is 5.91 Å². The van der Waals surface area contributed by atoms with Gasteiger partial charge in [0.15, 0.2) is 0 Å². The summed E-state index contributed by atoms with van der Waals surface area (Å²) in [5.74, 6) is -0.357. The monoisotopic (exact) mass is 357 g/mol. The van der Waals surface area contributed by atoms with E-state index in [1.165, 1.54) is 12.1 Å². The topological polar surface area (TPSA) is 56.4 Å². The van der Waals surface area contributed by atoms with Gasteiger partial charge >= 0.3 is 0 Å². The van der Waals surface area contributed by atoms with E-state index in [1.807, 2.05) is 24.8 Å². The van der Waals surface area contributed by atoms with Gasteiger partial charge in [-0.1, -0.05) is 12.1 Å². The molecule has 0 unspecified atom stereocenters. The molecule has 2 heterocycles. The molecule has 138 valence electrons. The number of H-pyrrole nitrogens is 1. The zero-order valence-electron chi connectivity index (χ0n) is 15.2. The van der Waals surface area contributed by atoms with Crippen LogP contribution in [0, 0.1) is 19.7 Å². The average molecular weight is 357 g/mol. The van der Waals surface area contributed by atoms with Gasteiger partial charge in [-0.25, -0.2) is 4.39 Å². The molecule has 1 aromatic carbocycles. The second-order valence-electron chi connectivity index (χ2n) is 6.82. The van der Waals surface area contributed by atoms with Crippen molar-refractivity contribution in [2.24, 2.45) is 0 Å². The largest absolute Gasteiger partial charge is 0.362 e. The van der Waals surface area contributed by atoms with Gasteiger partial charge in [0.05, 0.1) is 12.0 Å². The Hall–Kier alpha value is -2.63. The van der Waals surface area contributed by atoms with Crippen LogP contribution in [0.25, 0.3) is 0 Å². The summed E-state index contributed by atoms with van der Waals surface area (Å²) in [6.45, 7) is 6.08. The predicted molar refractivity (Wildman–Crippen MR) is 97.5 cm³/mol. The number of amides is 2. The zero-order valence-corrected chi connectivity index (χ0v) is 15.2. The van der Waals surface area contributed by atoms with E-state index in [4.69, 9.17) is 0 Å². The molecule has 0 aliphatic carbocycles. The van der Waals surface area contributed by atoms with Gasteiger partial charge in [-0.3, -0.25) is 9.59 Å². The van der Waals surface area contributed by atoms with E-state index in [0.29, 0.717) is 37.3 Å². The van der Waals surface area contributed by atoms with Gasteiger partial charge < -0.3 is 14.8 Å². The first-order chi connectivity index (χ1) is 12.4. The summed E-state index contributed by atoms with van der Waals surface area (Å²) in [5, 5.41) is 0. The van der Waals surface area contributed by atoms with E-state index in [1.54, 1.807) is 17.0 Å². The quantitative estimate of drug-likeness (QED) is 0.918. The SMILES string of the molecule is Cc1cc(C(=O)N2CCCN(C(=O)Cc3cccc(F)c3)CC2)c(C)[nH]1. The number of hydrogen-bond acceptors (Lipinski definition) is 2. The molecule has 6 heteroatoms. The number of benzene rings is 1. The van der Waals surface area contributed by atoms with Crippen LogP contribution < -0.4 is 0 Å². The maximum Gasteiger partial charge on any atom is 0.255 e. The van der Waals surface area contributed by atoms with Crippen LogP contribution in [0.5, 0.6) is 0 Å². The third-order valence-electron chi connectivity index (χ3n) is 4.76. The van der Waals surface area contributed by atoms with Gasteiger partial charge in [0.25, 0.3) is 5.91 Å². The highest BCUT2D eigenvalue weighted by molar-refractivity contribution is 5.95. The highest BCUT2D eigenvalue weighted by Gasteiger charge is 2.24. The molecule has 1 aliphatic heterocycles. The van der Waals surface area contributed by atoms with Crippen molar-refractivity contribution in [3.05, 3.63) is 58.7 Å². The fourth-order valence-electron chi connectivity index (χ4n) is 3.42. The van der Waals surface area contributed by atoms with Gasteiger partial charge in [-0.2, -0.15) is 0 Å². The molecular weight excluding hydrogens is 333 g/mol. The van der Waals surface area contributed by atoms with Crippen LogP contribution in [0.15, 0.2) is 30.3 Å². The third-order valence-corrected chi connectivity index (χ3v) is 4.76. The standard InChI is InChI=1S/C20H24FN3O2/c1-14-11-18(15(2)22-14)20(26)24-8-4-7-23(9-10-24)19(25)13-16-5-3-6-17(21)12-16/h3,5-6,11-12,22H,4,7-10,13H2,1-2H3. The summed E-state index contributed by atoms with van der Waals surface area (Å²) in [7, 11) is 0. The summed E-state index contributed by atoms with van der Waals surface area (Å²) >= 11 is 0. The highest BCUT2D eigenvalue weighted by atomic mass is 19.1. The normalized spacial score (nSPS) is 15.0. The van der Waals surface area contributed by atoms with Crippen molar-refractivity contribution in [1.82, 2.24) is 14.8 Å². The van der Waals surface area contributed by atoms with Gasteiger partial charge in [-0.15, -0.1) is 0 Å². The summed E-state index contributed by atoms with van der Waals surface area (Å²) in [4.78, 5) is 32.0. The Morgan fingerprint density at radius 2 is 1.81 bits per heavy atom. The van der Waals surface area contributed by atoms with Crippen molar-refractivity contribution in [2.45, 2.75) is 26.7 Å². The number of hydrogen-bond donors (Lipinski definition) is 1. The molecule has 5 nitrogen and oxygen atoms in total. The molecule has 0 atom stereocenters. The van der Waals surface area contributed by atoms with Crippen molar-refractivity contribution in [2.75, 3.05) is 26.2 Å². The molecule has 0 spiro atoms. The number of nitrogens with zero attached hydrogens (tertiary/aromatic N) is 2. The van der Waals surface area contributed by atoms with Crippen molar-refractivity contribution in [1.29, 1.82) is 0 Å². The fourth-order valence-corrected chi connectivity index (χ4v) is 3.42. The van der Waals surface area contributed by atoms with Crippen LogP contribution in [-0.2, 0) is 11.2 Å². The summed E-state index contributed by atoms with van der Waals surface area (Å²) in [6, 6.07) is 8.00. The molecule has 1 N–H and O–H groups in total. The lowest BCUT2D eigenvalue weighted by atomic mass is 10.1. The van der Waals surface area contributed by atoms with Crippen molar-refractivity contribution < 1.29 is 14.0 Å². The Kier molecular flexibility index (Phi) is 5.40. The van der Waals surface area contributed by atoms with Crippen LogP contribution in [0.4, 0.5) is 4.39 Å². The maximum absolute atomic E-state index is 13.3. The third kappa shape index (κ3) is 4.12. The highest BCUT2D eigenvalue weighted by Crippen LogP contribution is 2.15. The van der Waals surface area contributed by atoms with Crippen LogP contribution in [0.1, 0.15) is 33.7 Å². The van der Waals surface area contributed by atoms with E-state index < -0.39 is 0 Å². The first-order valence-corrected chi connectivity index (χ1v) is 8.92. The minimum Gasteiger partial charge on any atom is -0.362 e. The second-order valence-corrected chi connectivity index (χ2v) is 6.82. The second kappa shape index (κ2) is 7.72. The minimum absolute atomic E-state index is 0.00581. The maximum atomic E-state index is 13.3. The van der Waals surface area contributed by atoms with E-state index in [9.17, 15) is 14.0 Å². The van der Waals surface area contributed by atoms with E-state index in [2.05, 4.69) is 4.98 Å². The lowest BCUT2D eigenvalue weighted by molar-refractivity contribution is -0.130. The molecular formula is C20H24FN3O2. The fraction of sp³-hybridized carbons (Fsp3) is 0.400. The number of nitrogens with one attached hydrogen (secondary N) is 1. The minimum atomic E-state index is -0.333. The molecule has 26 heavy (non-hydrogen) atoms. The number of rotatable bonds is 3. The Labute approximate surface area is 152 Å². The molecule has 1 saturated heterocycles. The molecule has 1 aliphatic rings. The summed E-state index contributed by atoms with van der Waals surface area (Å²) in [6.07, 6.45) is 0.922. The molecule has 0 radical (unpaired) electrons. The molecule has 0 bridgehead atoms. The smallest absolute Gasteiger partial charge is 0.255 e. The predicted octanol–water partition coefficient (Wildman–Crippen LogP) is 2.69. The zero-order chi connectivity index (χ0) is 18.7. The lowest BCUT2D eigenvalue weighted by Crippen LogP contribution is -2.38. The average Bonchev–Trinajstić information content (AvgIpc) is 2.80. The summed E-state index contributed by atoms with van der Waals surface area (Å²) in [5.41, 5.74) is 3.20. The van der Waals surface area contributed by atoms with Gasteiger partial charge in [0.1, 0.15) is 5.82 Å². The first kappa shape index (κ1) is 18.2.